The maximum atomic E-state index is 12.0. The van der Waals surface area contributed by atoms with Gasteiger partial charge in [-0.3, -0.25) is 0 Å². The second-order valence-electron chi connectivity index (χ2n) is 2.01. The van der Waals surface area contributed by atoms with Gasteiger partial charge in [0.05, 0.1) is 0 Å². The largest absolute Gasteiger partial charge is 0.503 e. The Balaban J connectivity index is 4.91. The Morgan fingerprint density at radius 2 is 1.47 bits per heavy atom. The van der Waals surface area contributed by atoms with Crippen LogP contribution in [-0.2, 0) is 9.53 Å². The predicted octanol–water partition coefficient (Wildman–Crippen LogP) is 2.35. The van der Waals surface area contributed by atoms with Crippen molar-refractivity contribution in [1.29, 1.82) is 0 Å². The number of carboxylic acids is 1. The molecule has 0 bridgehead atoms. The van der Waals surface area contributed by atoms with Gasteiger partial charge in [0, 0.05) is 0 Å². The summed E-state index contributed by atoms with van der Waals surface area (Å²) in [5.74, 6) is -6.64. The lowest BCUT2D eigenvalue weighted by Crippen LogP contribution is -2.31. The third kappa shape index (κ3) is 3.64. The van der Waals surface area contributed by atoms with Crippen molar-refractivity contribution in [2.75, 3.05) is 0 Å². The number of rotatable bonds is 3. The highest BCUT2D eigenvalue weighted by Gasteiger charge is 2.47. The molecule has 0 unspecified atom stereocenters. The van der Waals surface area contributed by atoms with Crippen LogP contribution >= 0.6 is 0 Å². The molecule has 10 heteroatoms. The first-order chi connectivity index (χ1) is 6.48. The van der Waals surface area contributed by atoms with Gasteiger partial charge in [-0.05, 0) is 0 Å². The van der Waals surface area contributed by atoms with E-state index in [1.54, 1.807) is 0 Å². The summed E-state index contributed by atoms with van der Waals surface area (Å²) in [4.78, 5) is 9.56. The van der Waals surface area contributed by atoms with Crippen LogP contribution in [0.1, 0.15) is 0 Å². The summed E-state index contributed by atoms with van der Waals surface area (Å²) in [5.41, 5.74) is 0. The summed E-state index contributed by atoms with van der Waals surface area (Å²) in [5, 5.41) is 7.61. The van der Waals surface area contributed by atoms with Crippen LogP contribution in [0.5, 0.6) is 0 Å². The maximum Gasteiger partial charge on any atom is 0.503 e. The summed E-state index contributed by atoms with van der Waals surface area (Å²) in [6.45, 7) is 0. The molecule has 15 heavy (non-hydrogen) atoms. The first kappa shape index (κ1) is 13.5. The predicted molar refractivity (Wildman–Crippen MR) is 29.0 cm³/mol. The third-order valence-corrected chi connectivity index (χ3v) is 0.888. The molecule has 1 N–H and O–H groups in total. The smallest absolute Gasteiger partial charge is 0.474 e. The molecule has 0 saturated carbocycles. The molecule has 88 valence electrons. The summed E-state index contributed by atoms with van der Waals surface area (Å²) < 4.78 is 84.0. The van der Waals surface area contributed by atoms with Crippen molar-refractivity contribution in [3.63, 3.8) is 0 Å². The molecule has 0 aliphatic carbocycles. The molecule has 0 atom stereocenters. The number of ether oxygens (including phenoxy) is 1. The highest BCUT2D eigenvalue weighted by molar-refractivity contribution is 5.73. The number of alkyl halides is 5. The molecule has 0 spiro atoms. The minimum absolute atomic E-state index is 2.37. The van der Waals surface area contributed by atoms with Gasteiger partial charge < -0.3 is 9.84 Å². The van der Waals surface area contributed by atoms with Gasteiger partial charge in [0.25, 0.3) is 5.83 Å². The Morgan fingerprint density at radius 3 is 1.73 bits per heavy atom. The fraction of sp³-hybridized carbons (Fsp3) is 0.400. The fourth-order valence-electron chi connectivity index (χ4n) is 0.312. The lowest BCUT2D eigenvalue weighted by molar-refractivity contribution is -0.241. The van der Waals surface area contributed by atoms with Crippen molar-refractivity contribution in [2.45, 2.75) is 12.3 Å². The number of hydrogen-bond acceptors (Lipinski definition) is 2. The normalized spacial score (nSPS) is 14.6. The third-order valence-electron chi connectivity index (χ3n) is 0.888. The minimum atomic E-state index is -5.88. The Morgan fingerprint density at radius 1 is 1.07 bits per heavy atom. The summed E-state index contributed by atoms with van der Waals surface area (Å²) >= 11 is 0. The molecule has 0 aromatic heterocycles. The van der Waals surface area contributed by atoms with E-state index in [9.17, 15) is 35.5 Å². The summed E-state index contributed by atoms with van der Waals surface area (Å²) in [7, 11) is 0. The SMILES string of the molecule is O=C(O)C(F)(F)OC(F)=C(F)C(F)(F)F. The molecule has 0 rings (SSSR count). The summed E-state index contributed by atoms with van der Waals surface area (Å²) in [6, 6.07) is -3.35. The monoisotopic (exact) mass is 242 g/mol. The zero-order valence-corrected chi connectivity index (χ0v) is 6.41. The van der Waals surface area contributed by atoms with Crippen LogP contribution in [-0.4, -0.2) is 23.4 Å². The number of halogens is 7. The van der Waals surface area contributed by atoms with E-state index in [2.05, 4.69) is 4.74 Å². The van der Waals surface area contributed by atoms with Gasteiger partial charge >= 0.3 is 24.3 Å². The van der Waals surface area contributed by atoms with Crippen LogP contribution in [0.15, 0.2) is 11.8 Å². The molecule has 3 nitrogen and oxygen atoms in total. The van der Waals surface area contributed by atoms with E-state index >= 15 is 0 Å². The first-order valence-electron chi connectivity index (χ1n) is 2.91. The van der Waals surface area contributed by atoms with Crippen LogP contribution in [0.4, 0.5) is 30.7 Å². The van der Waals surface area contributed by atoms with Crippen molar-refractivity contribution < 1.29 is 45.4 Å². The van der Waals surface area contributed by atoms with Crippen molar-refractivity contribution >= 4 is 5.97 Å². The second-order valence-corrected chi connectivity index (χ2v) is 2.01. The molecular weight excluding hydrogens is 241 g/mol. The highest BCUT2D eigenvalue weighted by atomic mass is 19.4. The Bertz CT molecular complexity index is 291. The standard InChI is InChI=1S/C5HF7O3/c6-1(4(8,9)10)2(7)15-5(11,12)3(13)14/h(H,13,14). The second kappa shape index (κ2) is 3.95. The average molecular weight is 242 g/mol. The van der Waals surface area contributed by atoms with Crippen molar-refractivity contribution in [3.8, 4) is 0 Å². The zero-order chi connectivity index (χ0) is 12.4. The molecule has 0 radical (unpaired) electrons. The molecule has 0 aromatic rings. The van der Waals surface area contributed by atoms with Crippen molar-refractivity contribution in [1.82, 2.24) is 0 Å². The fourth-order valence-corrected chi connectivity index (χ4v) is 0.312. The zero-order valence-electron chi connectivity index (χ0n) is 6.41. The molecule has 0 fully saturated rings. The average Bonchev–Trinajstić information content (AvgIpc) is 2.00. The van der Waals surface area contributed by atoms with E-state index in [-0.39, 0.29) is 0 Å². The molecule has 0 aliphatic rings. The quantitative estimate of drug-likeness (QED) is 0.610. The first-order valence-corrected chi connectivity index (χ1v) is 2.91. The number of carboxylic acid groups (broad SMARTS) is 1. The van der Waals surface area contributed by atoms with Crippen LogP contribution < -0.4 is 0 Å². The van der Waals surface area contributed by atoms with Gasteiger partial charge in [0.15, 0.2) is 0 Å². The minimum Gasteiger partial charge on any atom is -0.474 e. The topological polar surface area (TPSA) is 46.5 Å². The van der Waals surface area contributed by atoms with Crippen molar-refractivity contribution in [2.24, 2.45) is 0 Å². The van der Waals surface area contributed by atoms with E-state index in [4.69, 9.17) is 5.11 Å². The molecule has 0 heterocycles. The van der Waals surface area contributed by atoms with Gasteiger partial charge in [-0.2, -0.15) is 30.7 Å². The summed E-state index contributed by atoms with van der Waals surface area (Å²) in [6.07, 6.45) is -11.2. The number of allylic oxidation sites excluding steroid dienone is 1. The van der Waals surface area contributed by atoms with Crippen LogP contribution in [0, 0.1) is 0 Å². The van der Waals surface area contributed by atoms with Gasteiger partial charge in [0.2, 0.25) is 0 Å². The van der Waals surface area contributed by atoms with E-state index in [0.717, 1.165) is 0 Å². The van der Waals surface area contributed by atoms with Crippen molar-refractivity contribution in [3.05, 3.63) is 11.8 Å². The lowest BCUT2D eigenvalue weighted by Gasteiger charge is -2.12. The van der Waals surface area contributed by atoms with E-state index in [1.165, 1.54) is 0 Å². The molecular formula is C5HF7O3. The van der Waals surface area contributed by atoms with Crippen LogP contribution in [0.25, 0.3) is 0 Å². The van der Waals surface area contributed by atoms with E-state index in [0.29, 0.717) is 0 Å². The highest BCUT2D eigenvalue weighted by Crippen LogP contribution is 2.32. The molecule has 0 aliphatic heterocycles. The van der Waals surface area contributed by atoms with Crippen LogP contribution in [0.2, 0.25) is 0 Å². The molecule has 0 aromatic carbocycles. The van der Waals surface area contributed by atoms with Gasteiger partial charge in [-0.25, -0.2) is 4.79 Å². The van der Waals surface area contributed by atoms with Gasteiger partial charge in [-0.15, -0.1) is 0 Å². The molecule has 0 saturated heterocycles. The van der Waals surface area contributed by atoms with E-state index < -0.39 is 30.1 Å². The number of carbonyl (C=O) groups is 1. The Hall–Kier alpha value is -1.48. The number of aliphatic carboxylic acids is 1. The van der Waals surface area contributed by atoms with Gasteiger partial charge in [0.1, 0.15) is 0 Å². The maximum absolute atomic E-state index is 12.0. The Labute approximate surface area is 76.7 Å². The Kier molecular flexibility index (Phi) is 3.56. The van der Waals surface area contributed by atoms with Crippen LogP contribution in [0.3, 0.4) is 0 Å². The molecule has 0 amide bonds. The van der Waals surface area contributed by atoms with E-state index in [1.807, 2.05) is 0 Å². The number of hydrogen-bond donors (Lipinski definition) is 1. The van der Waals surface area contributed by atoms with Gasteiger partial charge in [-0.1, -0.05) is 0 Å². The lowest BCUT2D eigenvalue weighted by atomic mass is 10.5.